The van der Waals surface area contributed by atoms with Crippen LogP contribution in [0, 0.1) is 0 Å². The van der Waals surface area contributed by atoms with Crippen LogP contribution in [0.25, 0.3) is 10.8 Å². The van der Waals surface area contributed by atoms with Crippen molar-refractivity contribution in [1.29, 1.82) is 0 Å². The maximum absolute atomic E-state index is 12.4. The molecule has 0 saturated heterocycles. The van der Waals surface area contributed by atoms with E-state index in [4.69, 9.17) is 9.15 Å². The van der Waals surface area contributed by atoms with Crippen molar-refractivity contribution in [3.8, 4) is 5.75 Å². The van der Waals surface area contributed by atoms with Gasteiger partial charge in [-0.15, -0.1) is 0 Å². The Hall–Kier alpha value is -3.32. The van der Waals surface area contributed by atoms with Gasteiger partial charge in [0.15, 0.2) is 9.84 Å². The molecule has 0 amide bonds. The van der Waals surface area contributed by atoms with Crippen LogP contribution in [0.15, 0.2) is 87.4 Å². The summed E-state index contributed by atoms with van der Waals surface area (Å²) in [6.45, 7) is 2.19. The zero-order chi connectivity index (χ0) is 21.1. The Morgan fingerprint density at radius 2 is 1.67 bits per heavy atom. The Balaban J connectivity index is 1.42. The number of ether oxygens (including phenoxy) is 1. The van der Waals surface area contributed by atoms with Gasteiger partial charge in [-0.25, -0.2) is 8.42 Å². The molecule has 30 heavy (non-hydrogen) atoms. The molecule has 154 valence electrons. The molecule has 7 heteroatoms. The standard InChI is InChI=1S/C23H21NO5S/c1-2-30(26,27)21-9-7-17(8-10-21)15-29-23-16-28-20(11-22(23)25)14-24-12-18-5-3-4-6-19(18)13-24/h3-13,16H,2,14-15H2,1H3. The van der Waals surface area contributed by atoms with Crippen molar-refractivity contribution in [3.63, 3.8) is 0 Å². The van der Waals surface area contributed by atoms with E-state index in [1.54, 1.807) is 31.2 Å². The minimum atomic E-state index is -3.24. The first-order valence-electron chi connectivity index (χ1n) is 9.55. The third kappa shape index (κ3) is 4.31. The van der Waals surface area contributed by atoms with Crippen molar-refractivity contribution in [1.82, 2.24) is 4.57 Å². The van der Waals surface area contributed by atoms with Gasteiger partial charge < -0.3 is 13.7 Å². The molecule has 0 unspecified atom stereocenters. The van der Waals surface area contributed by atoms with Gasteiger partial charge in [-0.1, -0.05) is 43.3 Å². The first-order chi connectivity index (χ1) is 14.4. The highest BCUT2D eigenvalue weighted by atomic mass is 32.2. The fourth-order valence-electron chi connectivity index (χ4n) is 3.16. The summed E-state index contributed by atoms with van der Waals surface area (Å²) in [6.07, 6.45) is 5.32. The van der Waals surface area contributed by atoms with E-state index >= 15 is 0 Å². The number of sulfone groups is 1. The van der Waals surface area contributed by atoms with Gasteiger partial charge in [0.05, 0.1) is 17.2 Å². The van der Waals surface area contributed by atoms with Crippen molar-refractivity contribution in [3.05, 3.63) is 94.8 Å². The van der Waals surface area contributed by atoms with Crippen molar-refractivity contribution < 1.29 is 17.6 Å². The molecule has 0 radical (unpaired) electrons. The van der Waals surface area contributed by atoms with Crippen LogP contribution in [0.2, 0.25) is 0 Å². The van der Waals surface area contributed by atoms with Crippen molar-refractivity contribution in [2.75, 3.05) is 5.75 Å². The van der Waals surface area contributed by atoms with Crippen LogP contribution >= 0.6 is 0 Å². The Morgan fingerprint density at radius 3 is 2.27 bits per heavy atom. The maximum Gasteiger partial charge on any atom is 0.227 e. The van der Waals surface area contributed by atoms with Crippen LogP contribution in [-0.4, -0.2) is 18.7 Å². The summed E-state index contributed by atoms with van der Waals surface area (Å²) < 4.78 is 36.8. The number of nitrogens with zero attached hydrogens (tertiary/aromatic N) is 1. The molecule has 0 fully saturated rings. The fraction of sp³-hybridized carbons (Fsp3) is 0.174. The summed E-state index contributed by atoms with van der Waals surface area (Å²) in [5, 5.41) is 2.25. The Kier molecular flexibility index (Phi) is 5.46. The number of aromatic nitrogens is 1. The molecule has 6 nitrogen and oxygen atoms in total. The smallest absolute Gasteiger partial charge is 0.227 e. The molecular formula is C23H21NO5S. The lowest BCUT2D eigenvalue weighted by atomic mass is 10.2. The number of benzene rings is 2. The summed E-state index contributed by atoms with van der Waals surface area (Å²) in [6, 6.07) is 15.9. The molecule has 4 aromatic rings. The Morgan fingerprint density at radius 1 is 1.00 bits per heavy atom. The van der Waals surface area contributed by atoms with Gasteiger partial charge in [0.1, 0.15) is 18.6 Å². The first kappa shape index (κ1) is 20.0. The molecule has 2 aromatic carbocycles. The van der Waals surface area contributed by atoms with E-state index in [0.29, 0.717) is 12.3 Å². The lowest BCUT2D eigenvalue weighted by Crippen LogP contribution is -2.09. The Bertz CT molecular complexity index is 1300. The number of fused-ring (bicyclic) bond motifs is 1. The molecule has 0 aliphatic rings. The average molecular weight is 423 g/mol. The minimum Gasteiger partial charge on any atom is -0.482 e. The molecule has 2 heterocycles. The molecule has 0 atom stereocenters. The molecule has 0 aliphatic heterocycles. The molecule has 2 aromatic heterocycles. The maximum atomic E-state index is 12.4. The molecule has 0 bridgehead atoms. The summed E-state index contributed by atoms with van der Waals surface area (Å²) in [5.74, 6) is 0.693. The summed E-state index contributed by atoms with van der Waals surface area (Å²) in [5.41, 5.74) is 0.491. The van der Waals surface area contributed by atoms with Gasteiger partial charge in [0, 0.05) is 18.5 Å². The van der Waals surface area contributed by atoms with Crippen LogP contribution in [0.4, 0.5) is 0 Å². The third-order valence-electron chi connectivity index (χ3n) is 4.85. The molecule has 4 rings (SSSR count). The van der Waals surface area contributed by atoms with Crippen LogP contribution in [-0.2, 0) is 23.0 Å². The lowest BCUT2D eigenvalue weighted by molar-refractivity contribution is 0.289. The predicted molar refractivity (Wildman–Crippen MR) is 115 cm³/mol. The molecule has 0 spiro atoms. The van der Waals surface area contributed by atoms with E-state index in [2.05, 4.69) is 0 Å². The highest BCUT2D eigenvalue weighted by Gasteiger charge is 2.11. The topological polar surface area (TPSA) is 78.5 Å². The predicted octanol–water partition coefficient (Wildman–Crippen LogP) is 4.02. The van der Waals surface area contributed by atoms with Crippen molar-refractivity contribution in [2.24, 2.45) is 0 Å². The van der Waals surface area contributed by atoms with Crippen LogP contribution in [0.5, 0.6) is 5.75 Å². The number of hydrogen-bond donors (Lipinski definition) is 0. The normalized spacial score (nSPS) is 11.6. The van der Waals surface area contributed by atoms with Crippen molar-refractivity contribution >= 4 is 20.6 Å². The van der Waals surface area contributed by atoms with Gasteiger partial charge in [-0.2, -0.15) is 0 Å². The summed E-state index contributed by atoms with van der Waals surface area (Å²) in [4.78, 5) is 12.6. The van der Waals surface area contributed by atoms with E-state index in [1.807, 2.05) is 41.2 Å². The van der Waals surface area contributed by atoms with Gasteiger partial charge in [0.2, 0.25) is 11.2 Å². The van der Waals surface area contributed by atoms with Crippen LogP contribution in [0.3, 0.4) is 0 Å². The molecular weight excluding hydrogens is 402 g/mol. The molecule has 0 N–H and O–H groups in total. The number of rotatable bonds is 7. The monoisotopic (exact) mass is 423 g/mol. The highest BCUT2D eigenvalue weighted by molar-refractivity contribution is 7.91. The second-order valence-electron chi connectivity index (χ2n) is 6.97. The van der Waals surface area contributed by atoms with E-state index in [9.17, 15) is 13.2 Å². The van der Waals surface area contributed by atoms with Crippen molar-refractivity contribution in [2.45, 2.75) is 25.0 Å². The summed E-state index contributed by atoms with van der Waals surface area (Å²) >= 11 is 0. The second-order valence-corrected chi connectivity index (χ2v) is 9.25. The quantitative estimate of drug-likeness (QED) is 0.449. The highest BCUT2D eigenvalue weighted by Crippen LogP contribution is 2.17. The molecule has 0 aliphatic carbocycles. The van der Waals surface area contributed by atoms with Gasteiger partial charge >= 0.3 is 0 Å². The van der Waals surface area contributed by atoms with Crippen LogP contribution < -0.4 is 10.2 Å². The second kappa shape index (κ2) is 8.20. The van der Waals surface area contributed by atoms with Crippen LogP contribution in [0.1, 0.15) is 18.2 Å². The average Bonchev–Trinajstić information content (AvgIpc) is 3.16. The van der Waals surface area contributed by atoms with E-state index in [-0.39, 0.29) is 28.4 Å². The zero-order valence-electron chi connectivity index (χ0n) is 16.4. The zero-order valence-corrected chi connectivity index (χ0v) is 17.3. The van der Waals surface area contributed by atoms with E-state index in [0.717, 1.165) is 16.3 Å². The largest absolute Gasteiger partial charge is 0.482 e. The van der Waals surface area contributed by atoms with Gasteiger partial charge in [-0.3, -0.25) is 4.79 Å². The third-order valence-corrected chi connectivity index (χ3v) is 6.60. The van der Waals surface area contributed by atoms with Gasteiger partial charge in [-0.05, 0) is 28.5 Å². The number of hydrogen-bond acceptors (Lipinski definition) is 5. The summed E-state index contributed by atoms with van der Waals surface area (Å²) in [7, 11) is -3.24. The minimum absolute atomic E-state index is 0.0509. The van der Waals surface area contributed by atoms with Gasteiger partial charge in [0.25, 0.3) is 0 Å². The first-order valence-corrected chi connectivity index (χ1v) is 11.2. The van der Waals surface area contributed by atoms with E-state index in [1.165, 1.54) is 12.3 Å². The lowest BCUT2D eigenvalue weighted by Gasteiger charge is -2.07. The van der Waals surface area contributed by atoms with E-state index < -0.39 is 9.84 Å². The molecule has 0 saturated carbocycles. The Labute approximate surface area is 174 Å². The fourth-order valence-corrected chi connectivity index (χ4v) is 4.04. The SMILES string of the molecule is CCS(=O)(=O)c1ccc(COc2coc(Cn3cc4ccccc4c3)cc2=O)cc1.